The number of carbonyl (C=O) groups is 2. The van der Waals surface area contributed by atoms with E-state index in [0.29, 0.717) is 12.1 Å². The van der Waals surface area contributed by atoms with Crippen LogP contribution in [0.3, 0.4) is 0 Å². The van der Waals surface area contributed by atoms with Crippen LogP contribution in [0.2, 0.25) is 0 Å². The minimum Gasteiger partial charge on any atom is -0.352 e. The zero-order valence-electron chi connectivity index (χ0n) is 25.9. The van der Waals surface area contributed by atoms with Gasteiger partial charge >= 0.3 is 0 Å². The molecule has 5 rings (SSSR count). The first-order chi connectivity index (χ1) is 21.7. The van der Waals surface area contributed by atoms with E-state index in [0.717, 1.165) is 47.9 Å². The van der Waals surface area contributed by atoms with Crippen molar-refractivity contribution in [2.45, 2.75) is 69.5 Å². The Morgan fingerprint density at radius 1 is 0.778 bits per heavy atom. The molecule has 0 radical (unpaired) electrons. The fourth-order valence-corrected chi connectivity index (χ4v) is 7.43. The molecular formula is C37H41N3O4S. The maximum atomic E-state index is 14.6. The number of anilines is 1. The number of rotatable bonds is 12. The van der Waals surface area contributed by atoms with E-state index >= 15 is 0 Å². The highest BCUT2D eigenvalue weighted by Gasteiger charge is 2.36. The van der Waals surface area contributed by atoms with Crippen molar-refractivity contribution in [2.75, 3.05) is 10.8 Å². The predicted octanol–water partition coefficient (Wildman–Crippen LogP) is 6.20. The fraction of sp³-hybridized carbons (Fsp3) is 0.297. The second kappa shape index (κ2) is 14.6. The number of aryl methyl sites for hydroxylation is 1. The highest BCUT2D eigenvalue weighted by Crippen LogP contribution is 2.29. The molecule has 1 saturated carbocycles. The third kappa shape index (κ3) is 7.81. The quantitative estimate of drug-likeness (QED) is 0.204. The molecular weight excluding hydrogens is 582 g/mol. The Labute approximate surface area is 266 Å². The Kier molecular flexibility index (Phi) is 10.4. The van der Waals surface area contributed by atoms with E-state index in [1.165, 1.54) is 16.4 Å². The zero-order valence-corrected chi connectivity index (χ0v) is 26.7. The smallest absolute Gasteiger partial charge is 0.264 e. The summed E-state index contributed by atoms with van der Waals surface area (Å²) in [5, 5.41) is 3.21. The van der Waals surface area contributed by atoms with Crippen LogP contribution in [0, 0.1) is 13.8 Å². The lowest BCUT2D eigenvalue weighted by atomic mass is 10.0. The Bertz CT molecular complexity index is 1690. The SMILES string of the molecule is Cc1cccc(N(CC(=O)N(Cc2ccccc2)[C@H](Cc2ccccc2)C(=O)NC2CCCC2)S(=O)(=O)c2ccccc2)c1C. The lowest BCUT2D eigenvalue weighted by Gasteiger charge is -2.34. The molecule has 2 amide bonds. The first kappa shape index (κ1) is 32.0. The maximum Gasteiger partial charge on any atom is 0.264 e. The summed E-state index contributed by atoms with van der Waals surface area (Å²) in [6.45, 7) is 3.47. The number of hydrogen-bond acceptors (Lipinski definition) is 4. The molecule has 45 heavy (non-hydrogen) atoms. The maximum absolute atomic E-state index is 14.6. The van der Waals surface area contributed by atoms with Crippen LogP contribution in [-0.4, -0.2) is 43.8 Å². The van der Waals surface area contributed by atoms with Crippen molar-refractivity contribution in [3.8, 4) is 0 Å². The van der Waals surface area contributed by atoms with E-state index in [9.17, 15) is 18.0 Å². The number of carbonyl (C=O) groups excluding carboxylic acids is 2. The molecule has 0 aliphatic heterocycles. The summed E-state index contributed by atoms with van der Waals surface area (Å²) in [5.41, 5.74) is 3.87. The average Bonchev–Trinajstić information content (AvgIpc) is 3.57. The first-order valence-corrected chi connectivity index (χ1v) is 17.0. The van der Waals surface area contributed by atoms with E-state index < -0.39 is 28.5 Å². The first-order valence-electron chi connectivity index (χ1n) is 15.6. The summed E-state index contributed by atoms with van der Waals surface area (Å²) in [6, 6.07) is 32.0. The van der Waals surface area contributed by atoms with Gasteiger partial charge in [-0.1, -0.05) is 104 Å². The largest absolute Gasteiger partial charge is 0.352 e. The van der Waals surface area contributed by atoms with Crippen molar-refractivity contribution in [2.24, 2.45) is 0 Å². The Balaban J connectivity index is 1.57. The van der Waals surface area contributed by atoms with E-state index in [4.69, 9.17) is 0 Å². The molecule has 1 N–H and O–H groups in total. The zero-order chi connectivity index (χ0) is 31.8. The third-order valence-corrected chi connectivity index (χ3v) is 10.4. The number of nitrogens with zero attached hydrogens (tertiary/aromatic N) is 2. The van der Waals surface area contributed by atoms with Crippen molar-refractivity contribution in [3.05, 3.63) is 131 Å². The van der Waals surface area contributed by atoms with Gasteiger partial charge in [-0.2, -0.15) is 0 Å². The predicted molar refractivity (Wildman–Crippen MR) is 178 cm³/mol. The van der Waals surface area contributed by atoms with E-state index in [2.05, 4.69) is 5.32 Å². The molecule has 4 aromatic carbocycles. The second-order valence-electron chi connectivity index (χ2n) is 11.7. The Morgan fingerprint density at radius 3 is 1.98 bits per heavy atom. The van der Waals surface area contributed by atoms with Crippen molar-refractivity contribution in [3.63, 3.8) is 0 Å². The summed E-state index contributed by atoms with van der Waals surface area (Å²) in [6.07, 6.45) is 4.23. The summed E-state index contributed by atoms with van der Waals surface area (Å²) >= 11 is 0. The fourth-order valence-electron chi connectivity index (χ4n) is 5.94. The average molecular weight is 624 g/mol. The lowest BCUT2D eigenvalue weighted by Crippen LogP contribution is -2.54. The molecule has 0 aromatic heterocycles. The van der Waals surface area contributed by atoms with Gasteiger partial charge in [-0.25, -0.2) is 8.42 Å². The molecule has 8 heteroatoms. The molecule has 0 unspecified atom stereocenters. The molecule has 1 aliphatic rings. The molecule has 0 saturated heterocycles. The number of sulfonamides is 1. The van der Waals surface area contributed by atoms with Crippen molar-refractivity contribution in [1.82, 2.24) is 10.2 Å². The molecule has 1 fully saturated rings. The van der Waals surface area contributed by atoms with Crippen LogP contribution in [0.1, 0.15) is 47.9 Å². The standard InChI is InChI=1S/C37H41N3O4S/c1-28-15-14-24-34(29(28)2)40(45(43,44)33-22-10-5-11-23-33)27-36(41)39(26-31-18-8-4-9-19-31)35(25-30-16-6-3-7-17-30)37(42)38-32-20-12-13-21-32/h3-11,14-19,22-24,32,35H,12-13,20-21,25-27H2,1-2H3,(H,38,42)/t35-/m1/s1. The summed E-state index contributed by atoms with van der Waals surface area (Å²) in [7, 11) is -4.13. The van der Waals surface area contributed by atoms with Gasteiger partial charge in [-0.15, -0.1) is 0 Å². The van der Waals surface area contributed by atoms with Crippen molar-refractivity contribution >= 4 is 27.5 Å². The Hall–Kier alpha value is -4.43. The molecule has 0 bridgehead atoms. The van der Waals surface area contributed by atoms with Crippen LogP contribution in [0.5, 0.6) is 0 Å². The number of benzene rings is 4. The number of hydrogen-bond donors (Lipinski definition) is 1. The van der Waals surface area contributed by atoms with E-state index in [-0.39, 0.29) is 23.4 Å². The van der Waals surface area contributed by atoms with Gasteiger partial charge in [-0.05, 0) is 67.1 Å². The van der Waals surface area contributed by atoms with Gasteiger partial charge in [0, 0.05) is 19.0 Å². The van der Waals surface area contributed by atoms with E-state index in [1.807, 2.05) is 80.6 Å². The van der Waals surface area contributed by atoms with Gasteiger partial charge in [0.1, 0.15) is 12.6 Å². The van der Waals surface area contributed by atoms with Crippen LogP contribution in [0.15, 0.2) is 114 Å². The van der Waals surface area contributed by atoms with Crippen LogP contribution < -0.4 is 9.62 Å². The minimum absolute atomic E-state index is 0.0642. The van der Waals surface area contributed by atoms with Gasteiger partial charge in [0.25, 0.3) is 10.0 Å². The van der Waals surface area contributed by atoms with Gasteiger partial charge < -0.3 is 10.2 Å². The molecule has 1 aliphatic carbocycles. The van der Waals surface area contributed by atoms with Crippen LogP contribution in [-0.2, 0) is 32.6 Å². The van der Waals surface area contributed by atoms with E-state index in [1.54, 1.807) is 35.2 Å². The summed E-state index contributed by atoms with van der Waals surface area (Å²) in [5.74, 6) is -0.680. The summed E-state index contributed by atoms with van der Waals surface area (Å²) < 4.78 is 29.6. The van der Waals surface area contributed by atoms with Crippen LogP contribution >= 0.6 is 0 Å². The van der Waals surface area contributed by atoms with Crippen LogP contribution in [0.4, 0.5) is 5.69 Å². The number of amides is 2. The molecule has 0 heterocycles. The van der Waals surface area contributed by atoms with Gasteiger partial charge in [0.15, 0.2) is 0 Å². The molecule has 0 spiro atoms. The normalized spacial score (nSPS) is 14.1. The van der Waals surface area contributed by atoms with Gasteiger partial charge in [-0.3, -0.25) is 13.9 Å². The highest BCUT2D eigenvalue weighted by molar-refractivity contribution is 7.92. The summed E-state index contributed by atoms with van der Waals surface area (Å²) in [4.78, 5) is 30.3. The lowest BCUT2D eigenvalue weighted by molar-refractivity contribution is -0.140. The Morgan fingerprint density at radius 2 is 1.36 bits per heavy atom. The third-order valence-electron chi connectivity index (χ3n) is 8.62. The topological polar surface area (TPSA) is 86.8 Å². The molecule has 4 aromatic rings. The van der Waals surface area contributed by atoms with Gasteiger partial charge in [0.2, 0.25) is 11.8 Å². The minimum atomic E-state index is -4.13. The van der Waals surface area contributed by atoms with Crippen LogP contribution in [0.25, 0.3) is 0 Å². The van der Waals surface area contributed by atoms with Crippen molar-refractivity contribution in [1.29, 1.82) is 0 Å². The molecule has 234 valence electrons. The monoisotopic (exact) mass is 623 g/mol. The second-order valence-corrected chi connectivity index (χ2v) is 13.6. The van der Waals surface area contributed by atoms with Crippen molar-refractivity contribution < 1.29 is 18.0 Å². The molecule has 7 nitrogen and oxygen atoms in total. The highest BCUT2D eigenvalue weighted by atomic mass is 32.2. The number of nitrogens with one attached hydrogen (secondary N) is 1. The molecule has 1 atom stereocenters. The van der Waals surface area contributed by atoms with Gasteiger partial charge in [0.05, 0.1) is 10.6 Å².